The number of nitrogen functional groups attached to an aromatic ring is 1. The normalized spacial score (nSPS) is 10.7. The van der Waals surface area contributed by atoms with Crippen molar-refractivity contribution in [2.24, 2.45) is 0 Å². The van der Waals surface area contributed by atoms with Gasteiger partial charge in [-0.3, -0.25) is 4.40 Å². The summed E-state index contributed by atoms with van der Waals surface area (Å²) in [7, 11) is 0. The summed E-state index contributed by atoms with van der Waals surface area (Å²) in [5.74, 6) is 0.757. The van der Waals surface area contributed by atoms with Crippen LogP contribution in [0.4, 0.5) is 5.82 Å². The van der Waals surface area contributed by atoms with Gasteiger partial charge in [-0.2, -0.15) is 0 Å². The summed E-state index contributed by atoms with van der Waals surface area (Å²) in [6.07, 6.45) is 3.59. The number of anilines is 1. The monoisotopic (exact) mass is 139 g/mol. The summed E-state index contributed by atoms with van der Waals surface area (Å²) in [5, 5.41) is 1.88. The van der Waals surface area contributed by atoms with Gasteiger partial charge in [0.15, 0.2) is 4.96 Å². The Morgan fingerprint density at radius 1 is 1.67 bits per heavy atom. The standard InChI is InChI=1S/C5H5N3S/c6-4-3-9-5-7-1-2-8(4)5/h1-3H,6H2. The maximum atomic E-state index is 5.55. The van der Waals surface area contributed by atoms with E-state index in [2.05, 4.69) is 4.98 Å². The van der Waals surface area contributed by atoms with Crippen LogP contribution >= 0.6 is 11.3 Å². The van der Waals surface area contributed by atoms with Crippen LogP contribution < -0.4 is 5.73 Å². The Kier molecular flexibility index (Phi) is 0.790. The van der Waals surface area contributed by atoms with Gasteiger partial charge in [-0.05, 0) is 0 Å². The van der Waals surface area contributed by atoms with Crippen LogP contribution in [0.3, 0.4) is 0 Å². The lowest BCUT2D eigenvalue weighted by molar-refractivity contribution is 1.24. The molecule has 0 atom stereocenters. The third kappa shape index (κ3) is 0.533. The van der Waals surface area contributed by atoms with E-state index in [9.17, 15) is 0 Å². The topological polar surface area (TPSA) is 43.3 Å². The first-order valence-electron chi connectivity index (χ1n) is 2.54. The molecule has 0 spiro atoms. The third-order valence-corrected chi connectivity index (χ3v) is 2.04. The van der Waals surface area contributed by atoms with Crippen LogP contribution in [0.5, 0.6) is 0 Å². The van der Waals surface area contributed by atoms with Crippen LogP contribution in [0.15, 0.2) is 17.8 Å². The van der Waals surface area contributed by atoms with Crippen LogP contribution in [0.1, 0.15) is 0 Å². The van der Waals surface area contributed by atoms with Crippen molar-refractivity contribution < 1.29 is 0 Å². The van der Waals surface area contributed by atoms with Gasteiger partial charge < -0.3 is 5.73 Å². The molecule has 9 heavy (non-hydrogen) atoms. The highest BCUT2D eigenvalue weighted by atomic mass is 32.1. The molecule has 0 radical (unpaired) electrons. The highest BCUT2D eigenvalue weighted by Gasteiger charge is 1.96. The van der Waals surface area contributed by atoms with Gasteiger partial charge >= 0.3 is 0 Å². The molecule has 2 aromatic rings. The molecule has 0 amide bonds. The number of nitrogens with two attached hydrogens (primary N) is 1. The Hall–Kier alpha value is -1.03. The van der Waals surface area contributed by atoms with Gasteiger partial charge in [-0.1, -0.05) is 0 Å². The first-order chi connectivity index (χ1) is 4.38. The Labute approximate surface area is 55.7 Å². The van der Waals surface area contributed by atoms with Crippen molar-refractivity contribution in [2.45, 2.75) is 0 Å². The number of nitrogens with zero attached hydrogens (tertiary/aromatic N) is 2. The van der Waals surface area contributed by atoms with E-state index in [4.69, 9.17) is 5.73 Å². The molecule has 2 heterocycles. The maximum Gasteiger partial charge on any atom is 0.195 e. The van der Waals surface area contributed by atoms with Gasteiger partial charge in [-0.15, -0.1) is 11.3 Å². The summed E-state index contributed by atoms with van der Waals surface area (Å²) in [4.78, 5) is 4.99. The second kappa shape index (κ2) is 1.48. The van der Waals surface area contributed by atoms with Gasteiger partial charge in [0.1, 0.15) is 5.82 Å². The summed E-state index contributed by atoms with van der Waals surface area (Å²) in [5.41, 5.74) is 5.55. The first-order valence-corrected chi connectivity index (χ1v) is 3.42. The number of imidazole rings is 1. The van der Waals surface area contributed by atoms with Gasteiger partial charge in [0, 0.05) is 17.8 Å². The average molecular weight is 139 g/mol. The van der Waals surface area contributed by atoms with Crippen molar-refractivity contribution >= 4 is 22.1 Å². The van der Waals surface area contributed by atoms with Crippen molar-refractivity contribution in [3.05, 3.63) is 17.8 Å². The van der Waals surface area contributed by atoms with Crippen LogP contribution in [0.2, 0.25) is 0 Å². The molecule has 0 saturated heterocycles. The first kappa shape index (κ1) is 4.81. The van der Waals surface area contributed by atoms with Crippen molar-refractivity contribution in [1.29, 1.82) is 0 Å². The van der Waals surface area contributed by atoms with Crippen molar-refractivity contribution in [3.63, 3.8) is 0 Å². The molecule has 46 valence electrons. The van der Waals surface area contributed by atoms with E-state index in [1.807, 2.05) is 16.0 Å². The SMILES string of the molecule is Nc1csc2nccn12. The van der Waals surface area contributed by atoms with E-state index in [0.29, 0.717) is 0 Å². The minimum absolute atomic E-state index is 0.757. The molecule has 0 aliphatic heterocycles. The van der Waals surface area contributed by atoms with Crippen LogP contribution in [-0.4, -0.2) is 9.38 Å². The molecule has 4 heteroatoms. The van der Waals surface area contributed by atoms with Crippen LogP contribution in [0, 0.1) is 0 Å². The van der Waals surface area contributed by atoms with Gasteiger partial charge in [-0.25, -0.2) is 4.98 Å². The fraction of sp³-hybridized carbons (Fsp3) is 0. The highest BCUT2D eigenvalue weighted by molar-refractivity contribution is 7.15. The fourth-order valence-corrected chi connectivity index (χ4v) is 1.48. The van der Waals surface area contributed by atoms with Crippen LogP contribution in [-0.2, 0) is 0 Å². The molecule has 0 aromatic carbocycles. The van der Waals surface area contributed by atoms with Crippen molar-refractivity contribution in [2.75, 3.05) is 5.73 Å². The largest absolute Gasteiger partial charge is 0.384 e. The van der Waals surface area contributed by atoms with E-state index in [0.717, 1.165) is 10.8 Å². The lowest BCUT2D eigenvalue weighted by Gasteiger charge is -1.82. The number of thiazole rings is 1. The average Bonchev–Trinajstić information content (AvgIpc) is 2.35. The van der Waals surface area contributed by atoms with E-state index >= 15 is 0 Å². The van der Waals surface area contributed by atoms with E-state index in [1.165, 1.54) is 0 Å². The molecular formula is C5H5N3S. The van der Waals surface area contributed by atoms with E-state index in [1.54, 1.807) is 17.5 Å². The second-order valence-electron chi connectivity index (χ2n) is 1.74. The highest BCUT2D eigenvalue weighted by Crippen LogP contribution is 2.14. The molecule has 2 aromatic heterocycles. The zero-order chi connectivity index (χ0) is 6.27. The minimum Gasteiger partial charge on any atom is -0.384 e. The molecule has 3 nitrogen and oxygen atoms in total. The smallest absolute Gasteiger partial charge is 0.195 e. The Balaban J connectivity index is 2.99. The van der Waals surface area contributed by atoms with Crippen LogP contribution in [0.25, 0.3) is 4.96 Å². The molecule has 0 bridgehead atoms. The molecular weight excluding hydrogens is 134 g/mol. The molecule has 0 unspecified atom stereocenters. The van der Waals surface area contributed by atoms with Gasteiger partial charge in [0.2, 0.25) is 0 Å². The quantitative estimate of drug-likeness (QED) is 0.591. The minimum atomic E-state index is 0.757. The van der Waals surface area contributed by atoms with Gasteiger partial charge in [0.05, 0.1) is 0 Å². The number of hydrogen-bond acceptors (Lipinski definition) is 3. The fourth-order valence-electron chi connectivity index (χ4n) is 0.743. The van der Waals surface area contributed by atoms with Crippen molar-refractivity contribution in [1.82, 2.24) is 9.38 Å². The molecule has 0 aliphatic carbocycles. The summed E-state index contributed by atoms with van der Waals surface area (Å²) in [6, 6.07) is 0. The Morgan fingerprint density at radius 2 is 2.56 bits per heavy atom. The lowest BCUT2D eigenvalue weighted by Crippen LogP contribution is -1.87. The van der Waals surface area contributed by atoms with Gasteiger partial charge in [0.25, 0.3) is 0 Å². The summed E-state index contributed by atoms with van der Waals surface area (Å²) >= 11 is 1.55. The third-order valence-electron chi connectivity index (χ3n) is 1.17. The molecule has 0 aliphatic rings. The molecule has 2 rings (SSSR count). The predicted octanol–water partition coefficient (Wildman–Crippen LogP) is 0.978. The zero-order valence-corrected chi connectivity index (χ0v) is 5.43. The summed E-state index contributed by atoms with van der Waals surface area (Å²) in [6.45, 7) is 0. The number of hydrogen-bond donors (Lipinski definition) is 1. The number of aromatic nitrogens is 2. The maximum absolute atomic E-state index is 5.55. The molecule has 2 N–H and O–H groups in total. The summed E-state index contributed by atoms with van der Waals surface area (Å²) < 4.78 is 1.85. The predicted molar refractivity (Wildman–Crippen MR) is 37.5 cm³/mol. The molecule has 0 fully saturated rings. The second-order valence-corrected chi connectivity index (χ2v) is 2.58. The van der Waals surface area contributed by atoms with E-state index in [-0.39, 0.29) is 0 Å². The number of fused-ring (bicyclic) bond motifs is 1. The van der Waals surface area contributed by atoms with E-state index < -0.39 is 0 Å². The zero-order valence-electron chi connectivity index (χ0n) is 4.61. The molecule has 0 saturated carbocycles. The Bertz CT molecular complexity index is 321. The lowest BCUT2D eigenvalue weighted by atomic mass is 10.8. The Morgan fingerprint density at radius 3 is 3.33 bits per heavy atom. The van der Waals surface area contributed by atoms with Crippen molar-refractivity contribution in [3.8, 4) is 0 Å². The number of rotatable bonds is 0.